The van der Waals surface area contributed by atoms with Crippen molar-refractivity contribution in [3.8, 4) is 11.5 Å². The molecule has 2 rings (SSSR count). The smallest absolute Gasteiger partial charge is 0.273 e. The number of benzene rings is 2. The van der Waals surface area contributed by atoms with E-state index in [0.29, 0.717) is 16.5 Å². The second-order valence-corrected chi connectivity index (χ2v) is 5.18. The van der Waals surface area contributed by atoms with E-state index in [2.05, 4.69) is 5.32 Å². The van der Waals surface area contributed by atoms with Crippen LogP contribution in [0.15, 0.2) is 42.5 Å². The van der Waals surface area contributed by atoms with Crippen molar-refractivity contribution in [3.63, 3.8) is 0 Å². The molecule has 2 aromatic rings. The number of halogens is 1. The summed E-state index contributed by atoms with van der Waals surface area (Å²) in [4.78, 5) is 22.1. The fourth-order valence-corrected chi connectivity index (χ4v) is 2.03. The van der Waals surface area contributed by atoms with Crippen LogP contribution in [-0.4, -0.2) is 24.5 Å². The maximum atomic E-state index is 11.9. The van der Waals surface area contributed by atoms with Crippen molar-refractivity contribution >= 4 is 28.9 Å². The third-order valence-electron chi connectivity index (χ3n) is 3.08. The number of carbonyl (C=O) groups is 1. The number of ether oxygens (including phenoxy) is 2. The molecule has 0 aliphatic heterocycles. The van der Waals surface area contributed by atoms with E-state index in [1.807, 2.05) is 0 Å². The molecule has 0 heterocycles. The SMILES string of the molecule is COc1cc([N+](=O)[O-])ccc1NC(=O)CCOc1ccc(Cl)cc1. The van der Waals surface area contributed by atoms with Gasteiger partial charge in [0.25, 0.3) is 5.69 Å². The van der Waals surface area contributed by atoms with Gasteiger partial charge < -0.3 is 14.8 Å². The van der Waals surface area contributed by atoms with E-state index < -0.39 is 4.92 Å². The maximum Gasteiger partial charge on any atom is 0.273 e. The van der Waals surface area contributed by atoms with E-state index in [-0.39, 0.29) is 30.4 Å². The third kappa shape index (κ3) is 4.85. The maximum absolute atomic E-state index is 11.9. The Balaban J connectivity index is 1.90. The molecule has 0 aromatic heterocycles. The number of non-ortho nitro benzene ring substituents is 1. The van der Waals surface area contributed by atoms with Gasteiger partial charge in [0.2, 0.25) is 5.91 Å². The quantitative estimate of drug-likeness (QED) is 0.607. The van der Waals surface area contributed by atoms with Crippen LogP contribution in [-0.2, 0) is 4.79 Å². The monoisotopic (exact) mass is 350 g/mol. The van der Waals surface area contributed by atoms with Crippen molar-refractivity contribution in [1.82, 2.24) is 0 Å². The molecule has 0 aliphatic carbocycles. The van der Waals surface area contributed by atoms with Gasteiger partial charge in [-0.1, -0.05) is 11.6 Å². The predicted octanol–water partition coefficient (Wildman–Crippen LogP) is 3.66. The first-order valence-corrected chi connectivity index (χ1v) is 7.38. The number of rotatable bonds is 7. The molecule has 7 nitrogen and oxygen atoms in total. The van der Waals surface area contributed by atoms with Gasteiger partial charge in [0.1, 0.15) is 11.5 Å². The number of anilines is 1. The first-order valence-electron chi connectivity index (χ1n) is 7.00. The van der Waals surface area contributed by atoms with Crippen LogP contribution in [0.25, 0.3) is 0 Å². The molecule has 0 radical (unpaired) electrons. The molecule has 0 unspecified atom stereocenters. The summed E-state index contributed by atoms with van der Waals surface area (Å²) < 4.78 is 10.5. The molecule has 0 saturated carbocycles. The zero-order chi connectivity index (χ0) is 17.5. The first kappa shape index (κ1) is 17.6. The summed E-state index contributed by atoms with van der Waals surface area (Å²) in [6.45, 7) is 0.183. The summed E-state index contributed by atoms with van der Waals surface area (Å²) in [6, 6.07) is 10.8. The molecule has 0 atom stereocenters. The number of methoxy groups -OCH3 is 1. The second kappa shape index (κ2) is 8.16. The second-order valence-electron chi connectivity index (χ2n) is 4.74. The normalized spacial score (nSPS) is 10.1. The lowest BCUT2D eigenvalue weighted by Crippen LogP contribution is -2.15. The lowest BCUT2D eigenvalue weighted by Gasteiger charge is -2.10. The van der Waals surface area contributed by atoms with Crippen LogP contribution in [0.5, 0.6) is 11.5 Å². The average molecular weight is 351 g/mol. The van der Waals surface area contributed by atoms with Gasteiger partial charge in [0, 0.05) is 11.1 Å². The molecule has 0 saturated heterocycles. The van der Waals surface area contributed by atoms with E-state index in [9.17, 15) is 14.9 Å². The van der Waals surface area contributed by atoms with Crippen LogP contribution < -0.4 is 14.8 Å². The molecule has 1 N–H and O–H groups in total. The van der Waals surface area contributed by atoms with Crippen LogP contribution in [0.1, 0.15) is 6.42 Å². The minimum atomic E-state index is -0.534. The summed E-state index contributed by atoms with van der Waals surface area (Å²) in [5, 5.41) is 14.0. The molecular formula is C16H15ClN2O5. The number of hydrogen-bond acceptors (Lipinski definition) is 5. The lowest BCUT2D eigenvalue weighted by molar-refractivity contribution is -0.384. The molecule has 24 heavy (non-hydrogen) atoms. The van der Waals surface area contributed by atoms with Crippen molar-refractivity contribution < 1.29 is 19.2 Å². The standard InChI is InChI=1S/C16H15ClN2O5/c1-23-15-10-12(19(21)22)4-7-14(15)18-16(20)8-9-24-13-5-2-11(17)3-6-13/h2-7,10H,8-9H2,1H3,(H,18,20). The molecule has 0 bridgehead atoms. The van der Waals surface area contributed by atoms with Crippen molar-refractivity contribution in [2.24, 2.45) is 0 Å². The van der Waals surface area contributed by atoms with Gasteiger partial charge in [0.05, 0.1) is 36.8 Å². The Labute approximate surface area is 143 Å². The highest BCUT2D eigenvalue weighted by molar-refractivity contribution is 6.30. The molecule has 126 valence electrons. The Hall–Kier alpha value is -2.80. The van der Waals surface area contributed by atoms with Gasteiger partial charge in [-0.05, 0) is 30.3 Å². The van der Waals surface area contributed by atoms with Crippen LogP contribution in [0.3, 0.4) is 0 Å². The van der Waals surface area contributed by atoms with E-state index >= 15 is 0 Å². The average Bonchev–Trinajstić information content (AvgIpc) is 2.56. The fraction of sp³-hybridized carbons (Fsp3) is 0.188. The molecule has 2 aromatic carbocycles. The highest BCUT2D eigenvalue weighted by atomic mass is 35.5. The van der Waals surface area contributed by atoms with Crippen LogP contribution in [0, 0.1) is 10.1 Å². The minimum Gasteiger partial charge on any atom is -0.494 e. The Morgan fingerprint density at radius 1 is 1.25 bits per heavy atom. The molecule has 0 fully saturated rings. The number of nitrogens with one attached hydrogen (secondary N) is 1. The molecule has 8 heteroatoms. The van der Waals surface area contributed by atoms with Crippen LogP contribution in [0.2, 0.25) is 5.02 Å². The Bertz CT molecular complexity index is 734. The van der Waals surface area contributed by atoms with Crippen molar-refractivity contribution in [2.45, 2.75) is 6.42 Å². The van der Waals surface area contributed by atoms with Crippen molar-refractivity contribution in [1.29, 1.82) is 0 Å². The number of nitrogens with zero attached hydrogens (tertiary/aromatic N) is 1. The van der Waals surface area contributed by atoms with Crippen molar-refractivity contribution in [2.75, 3.05) is 19.0 Å². The van der Waals surface area contributed by atoms with E-state index in [0.717, 1.165) is 0 Å². The summed E-state index contributed by atoms with van der Waals surface area (Å²) in [5.41, 5.74) is 0.246. The summed E-state index contributed by atoms with van der Waals surface area (Å²) in [7, 11) is 1.37. The van der Waals surface area contributed by atoms with Crippen LogP contribution in [0.4, 0.5) is 11.4 Å². The highest BCUT2D eigenvalue weighted by Crippen LogP contribution is 2.29. The molecule has 0 aliphatic rings. The van der Waals surface area contributed by atoms with Gasteiger partial charge in [0.15, 0.2) is 0 Å². The minimum absolute atomic E-state index is 0.114. The van der Waals surface area contributed by atoms with Gasteiger partial charge >= 0.3 is 0 Å². The summed E-state index contributed by atoms with van der Waals surface area (Å²) >= 11 is 5.77. The first-order chi connectivity index (χ1) is 11.5. The van der Waals surface area contributed by atoms with Gasteiger partial charge in [-0.3, -0.25) is 14.9 Å². The molecule has 1 amide bonds. The largest absolute Gasteiger partial charge is 0.494 e. The zero-order valence-corrected chi connectivity index (χ0v) is 13.6. The van der Waals surface area contributed by atoms with Gasteiger partial charge in [-0.25, -0.2) is 0 Å². The third-order valence-corrected chi connectivity index (χ3v) is 3.33. The van der Waals surface area contributed by atoms with E-state index in [1.165, 1.54) is 25.3 Å². The predicted molar refractivity (Wildman–Crippen MR) is 89.8 cm³/mol. The number of nitro benzene ring substituents is 1. The fourth-order valence-electron chi connectivity index (χ4n) is 1.90. The van der Waals surface area contributed by atoms with E-state index in [4.69, 9.17) is 21.1 Å². The van der Waals surface area contributed by atoms with E-state index in [1.54, 1.807) is 24.3 Å². The Morgan fingerprint density at radius 3 is 2.58 bits per heavy atom. The summed E-state index contributed by atoms with van der Waals surface area (Å²) in [6.07, 6.45) is 0.114. The summed E-state index contributed by atoms with van der Waals surface area (Å²) in [5.74, 6) is 0.535. The number of hydrogen-bond donors (Lipinski definition) is 1. The van der Waals surface area contributed by atoms with Crippen molar-refractivity contribution in [3.05, 3.63) is 57.6 Å². The zero-order valence-electron chi connectivity index (χ0n) is 12.8. The topological polar surface area (TPSA) is 90.7 Å². The Kier molecular flexibility index (Phi) is 5.97. The Morgan fingerprint density at radius 2 is 1.96 bits per heavy atom. The van der Waals surface area contributed by atoms with Gasteiger partial charge in [-0.2, -0.15) is 0 Å². The molecular weight excluding hydrogens is 336 g/mol. The number of amides is 1. The molecule has 0 spiro atoms. The van der Waals surface area contributed by atoms with Gasteiger partial charge in [-0.15, -0.1) is 0 Å². The highest BCUT2D eigenvalue weighted by Gasteiger charge is 2.13. The number of carbonyl (C=O) groups excluding carboxylic acids is 1. The number of nitro groups is 1. The van der Waals surface area contributed by atoms with Crippen LogP contribution >= 0.6 is 11.6 Å². The lowest BCUT2D eigenvalue weighted by atomic mass is 10.2.